The molecule has 4 rings (SSSR count). The average Bonchev–Trinajstić information content (AvgIpc) is 2.98. The van der Waals surface area contributed by atoms with E-state index in [-0.39, 0.29) is 23.4 Å². The highest BCUT2D eigenvalue weighted by Gasteiger charge is 2.34. The van der Waals surface area contributed by atoms with Crippen molar-refractivity contribution in [2.24, 2.45) is 0 Å². The lowest BCUT2D eigenvalue weighted by atomic mass is 9.95. The molecular formula is C33H40BrN3O4S. The minimum absolute atomic E-state index is 0.0938. The summed E-state index contributed by atoms with van der Waals surface area (Å²) in [6.07, 6.45) is 5.58. The maximum atomic E-state index is 14.3. The number of hydrogen-bond donors (Lipinski definition) is 1. The maximum Gasteiger partial charge on any atom is 0.264 e. The summed E-state index contributed by atoms with van der Waals surface area (Å²) < 4.78 is 29.9. The first kappa shape index (κ1) is 31.8. The Morgan fingerprint density at radius 3 is 2.19 bits per heavy atom. The van der Waals surface area contributed by atoms with Crippen molar-refractivity contribution in [3.05, 3.63) is 94.0 Å². The number of anilines is 1. The molecule has 2 amide bonds. The largest absolute Gasteiger partial charge is 0.352 e. The number of carbonyl (C=O) groups is 2. The molecule has 3 aromatic carbocycles. The van der Waals surface area contributed by atoms with Crippen LogP contribution >= 0.6 is 15.9 Å². The molecule has 0 spiro atoms. The van der Waals surface area contributed by atoms with Crippen molar-refractivity contribution in [3.8, 4) is 0 Å². The zero-order chi connectivity index (χ0) is 30.3. The average molecular weight is 655 g/mol. The van der Waals surface area contributed by atoms with Crippen LogP contribution < -0.4 is 9.62 Å². The number of rotatable bonds is 11. The van der Waals surface area contributed by atoms with Gasteiger partial charge in [0.15, 0.2) is 0 Å². The van der Waals surface area contributed by atoms with Crippen LogP contribution in [0.1, 0.15) is 62.1 Å². The van der Waals surface area contributed by atoms with Crippen molar-refractivity contribution in [2.45, 2.75) is 82.8 Å². The van der Waals surface area contributed by atoms with Gasteiger partial charge >= 0.3 is 0 Å². The van der Waals surface area contributed by atoms with E-state index in [1.54, 1.807) is 53.4 Å². The predicted octanol–water partition coefficient (Wildman–Crippen LogP) is 6.52. The highest BCUT2D eigenvalue weighted by molar-refractivity contribution is 9.10. The summed E-state index contributed by atoms with van der Waals surface area (Å²) in [5.74, 6) is -0.634. The van der Waals surface area contributed by atoms with Gasteiger partial charge in [0.1, 0.15) is 12.6 Å². The standard InChI is InChI=1S/C33H40BrN3O4S/c1-4-31(33(39)35-28-12-6-5-7-13-28)36(22-26-11-9-8-10-25(26)3)32(38)23-37(29-18-16-27(34)17-19-29)42(40,41)30-20-14-24(2)15-21-30/h8-11,14-21,28,31H,4-7,12-13,22-23H2,1-3H3,(H,35,39). The first-order chi connectivity index (χ1) is 20.1. The number of aryl methyl sites for hydroxylation is 2. The number of sulfonamides is 1. The quantitative estimate of drug-likeness (QED) is 0.255. The third kappa shape index (κ3) is 7.81. The minimum Gasteiger partial charge on any atom is -0.352 e. The lowest BCUT2D eigenvalue weighted by Crippen LogP contribution is -2.54. The van der Waals surface area contributed by atoms with E-state index in [4.69, 9.17) is 0 Å². The minimum atomic E-state index is -4.10. The van der Waals surface area contributed by atoms with Gasteiger partial charge in [-0.25, -0.2) is 8.42 Å². The summed E-state index contributed by atoms with van der Waals surface area (Å²) in [6, 6.07) is 20.5. The number of hydrogen-bond acceptors (Lipinski definition) is 4. The molecule has 1 aliphatic rings. The molecule has 1 saturated carbocycles. The topological polar surface area (TPSA) is 86.8 Å². The highest BCUT2D eigenvalue weighted by atomic mass is 79.9. The Balaban J connectivity index is 1.71. The van der Waals surface area contributed by atoms with Crippen molar-refractivity contribution in [2.75, 3.05) is 10.8 Å². The van der Waals surface area contributed by atoms with Gasteiger partial charge in [0.25, 0.3) is 10.0 Å². The summed E-state index contributed by atoms with van der Waals surface area (Å²) in [7, 11) is -4.10. The molecule has 0 aliphatic heterocycles. The van der Waals surface area contributed by atoms with E-state index < -0.39 is 28.5 Å². The molecule has 42 heavy (non-hydrogen) atoms. The maximum absolute atomic E-state index is 14.3. The van der Waals surface area contributed by atoms with Crippen LogP contribution in [0.4, 0.5) is 5.69 Å². The van der Waals surface area contributed by atoms with Crippen LogP contribution in [0.5, 0.6) is 0 Å². The van der Waals surface area contributed by atoms with Gasteiger partial charge in [-0.1, -0.05) is 84.1 Å². The van der Waals surface area contributed by atoms with Crippen LogP contribution in [0.25, 0.3) is 0 Å². The van der Waals surface area contributed by atoms with Gasteiger partial charge in [0.05, 0.1) is 10.6 Å². The Hall–Kier alpha value is -3.17. The summed E-state index contributed by atoms with van der Waals surface area (Å²) >= 11 is 3.41. The number of nitrogens with zero attached hydrogens (tertiary/aromatic N) is 2. The van der Waals surface area contributed by atoms with E-state index in [9.17, 15) is 18.0 Å². The van der Waals surface area contributed by atoms with Crippen molar-refractivity contribution in [1.82, 2.24) is 10.2 Å². The molecule has 3 aromatic rings. The zero-order valence-corrected chi connectivity index (χ0v) is 27.0. The normalized spacial score (nSPS) is 14.7. The molecule has 7 nitrogen and oxygen atoms in total. The fraction of sp³-hybridized carbons (Fsp3) is 0.394. The lowest BCUT2D eigenvalue weighted by molar-refractivity contribution is -0.140. The Bertz CT molecular complexity index is 1470. The predicted molar refractivity (Wildman–Crippen MR) is 171 cm³/mol. The second-order valence-electron chi connectivity index (χ2n) is 11.0. The Kier molecular flexibility index (Phi) is 10.8. The molecule has 0 bridgehead atoms. The van der Waals surface area contributed by atoms with Gasteiger partial charge < -0.3 is 10.2 Å². The Morgan fingerprint density at radius 2 is 1.57 bits per heavy atom. The number of benzene rings is 3. The summed E-state index contributed by atoms with van der Waals surface area (Å²) in [5.41, 5.74) is 3.20. The molecule has 1 atom stereocenters. The molecule has 0 saturated heterocycles. The first-order valence-electron chi connectivity index (χ1n) is 14.6. The van der Waals surface area contributed by atoms with Gasteiger partial charge in [-0.3, -0.25) is 13.9 Å². The lowest BCUT2D eigenvalue weighted by Gasteiger charge is -2.34. The molecular weight excluding hydrogens is 614 g/mol. The smallest absolute Gasteiger partial charge is 0.264 e. The van der Waals surface area contributed by atoms with Crippen LogP contribution in [0.15, 0.2) is 82.2 Å². The van der Waals surface area contributed by atoms with Crippen molar-refractivity contribution in [3.63, 3.8) is 0 Å². The van der Waals surface area contributed by atoms with E-state index in [0.29, 0.717) is 12.1 Å². The van der Waals surface area contributed by atoms with Crippen LogP contribution in [0.2, 0.25) is 0 Å². The Labute approximate surface area is 258 Å². The molecule has 1 fully saturated rings. The number of amides is 2. The molecule has 0 aromatic heterocycles. The van der Waals surface area contributed by atoms with Crippen LogP contribution in [-0.2, 0) is 26.2 Å². The van der Waals surface area contributed by atoms with Gasteiger partial charge in [0, 0.05) is 17.1 Å². The second-order valence-corrected chi connectivity index (χ2v) is 13.8. The fourth-order valence-corrected chi connectivity index (χ4v) is 7.09. The molecule has 1 aliphatic carbocycles. The van der Waals surface area contributed by atoms with Crippen LogP contribution in [-0.4, -0.2) is 43.8 Å². The molecule has 0 heterocycles. The molecule has 9 heteroatoms. The van der Waals surface area contributed by atoms with E-state index in [2.05, 4.69) is 21.2 Å². The van der Waals surface area contributed by atoms with Gasteiger partial charge in [0.2, 0.25) is 11.8 Å². The summed E-state index contributed by atoms with van der Waals surface area (Å²) in [5, 5.41) is 3.19. The number of carbonyl (C=O) groups excluding carboxylic acids is 2. The monoisotopic (exact) mass is 653 g/mol. The third-order valence-corrected chi connectivity index (χ3v) is 10.3. The molecule has 0 radical (unpaired) electrons. The first-order valence-corrected chi connectivity index (χ1v) is 16.8. The zero-order valence-electron chi connectivity index (χ0n) is 24.6. The molecule has 1 N–H and O–H groups in total. The third-order valence-electron chi connectivity index (χ3n) is 7.94. The number of halogens is 1. The summed E-state index contributed by atoms with van der Waals surface area (Å²) in [6.45, 7) is 5.49. The fourth-order valence-electron chi connectivity index (χ4n) is 5.41. The van der Waals surface area contributed by atoms with E-state index in [0.717, 1.165) is 51.2 Å². The van der Waals surface area contributed by atoms with Crippen molar-refractivity contribution in [1.29, 1.82) is 0 Å². The Morgan fingerprint density at radius 1 is 0.929 bits per heavy atom. The van der Waals surface area contributed by atoms with Crippen LogP contribution in [0.3, 0.4) is 0 Å². The molecule has 224 valence electrons. The van der Waals surface area contributed by atoms with E-state index in [1.807, 2.05) is 45.0 Å². The molecule has 1 unspecified atom stereocenters. The summed E-state index contributed by atoms with van der Waals surface area (Å²) in [4.78, 5) is 29.6. The number of nitrogens with one attached hydrogen (secondary N) is 1. The van der Waals surface area contributed by atoms with Gasteiger partial charge in [-0.15, -0.1) is 0 Å². The highest BCUT2D eigenvalue weighted by Crippen LogP contribution is 2.27. The van der Waals surface area contributed by atoms with E-state index in [1.165, 1.54) is 6.42 Å². The SMILES string of the molecule is CCC(C(=O)NC1CCCCC1)N(Cc1ccccc1C)C(=O)CN(c1ccc(Br)cc1)S(=O)(=O)c1ccc(C)cc1. The van der Waals surface area contributed by atoms with Gasteiger partial charge in [-0.2, -0.15) is 0 Å². The van der Waals surface area contributed by atoms with Crippen molar-refractivity contribution < 1.29 is 18.0 Å². The van der Waals surface area contributed by atoms with Crippen LogP contribution in [0, 0.1) is 13.8 Å². The van der Waals surface area contributed by atoms with Crippen molar-refractivity contribution >= 4 is 43.5 Å². The second kappa shape index (κ2) is 14.3. The van der Waals surface area contributed by atoms with Gasteiger partial charge in [-0.05, 0) is 80.6 Å². The van der Waals surface area contributed by atoms with E-state index >= 15 is 0 Å².